The Morgan fingerprint density at radius 1 is 1.00 bits per heavy atom. The Bertz CT molecular complexity index is 1130. The largest absolute Gasteiger partial charge is 0.497 e. The van der Waals surface area contributed by atoms with Crippen molar-refractivity contribution >= 4 is 29.1 Å². The molecule has 0 aliphatic carbocycles. The third-order valence-corrected chi connectivity index (χ3v) is 6.86. The van der Waals surface area contributed by atoms with Gasteiger partial charge in [-0.15, -0.1) is 12.4 Å². The summed E-state index contributed by atoms with van der Waals surface area (Å²) in [6, 6.07) is 21.1. The lowest BCUT2D eigenvalue weighted by Crippen LogP contribution is -2.45. The molecule has 194 valence electrons. The van der Waals surface area contributed by atoms with Crippen molar-refractivity contribution in [1.29, 1.82) is 0 Å². The zero-order chi connectivity index (χ0) is 24.6. The van der Waals surface area contributed by atoms with E-state index in [0.717, 1.165) is 25.9 Å². The lowest BCUT2D eigenvalue weighted by Gasteiger charge is -2.36. The summed E-state index contributed by atoms with van der Waals surface area (Å²) in [4.78, 5) is 15.2. The first-order chi connectivity index (χ1) is 17.1. The molecular formula is C29H37ClN2O4. The van der Waals surface area contributed by atoms with Crippen molar-refractivity contribution in [3.8, 4) is 5.75 Å². The standard InChI is InChI=1S/C29H36N2O4.ClH/c1-21(24-10-9-23-8-7-22(17-26(23)18-24)20-35-16-15-33-2)31-13-11-27(12-14-31)30-29(32)25-5-4-6-28(19-25)34-3;/h4-10,17-19,21,27H,11-16,20H2,1-3H3,(H,30,32);1H. The summed E-state index contributed by atoms with van der Waals surface area (Å²) in [6.45, 7) is 5.98. The van der Waals surface area contributed by atoms with Gasteiger partial charge >= 0.3 is 0 Å². The summed E-state index contributed by atoms with van der Waals surface area (Å²) in [5, 5.41) is 5.68. The van der Waals surface area contributed by atoms with Crippen LogP contribution in [0, 0.1) is 0 Å². The Morgan fingerprint density at radius 3 is 2.53 bits per heavy atom. The van der Waals surface area contributed by atoms with E-state index in [-0.39, 0.29) is 24.4 Å². The highest BCUT2D eigenvalue weighted by Gasteiger charge is 2.25. The minimum Gasteiger partial charge on any atom is -0.497 e. The SMILES string of the molecule is COCCOCc1ccc2ccc(C(C)N3CCC(NC(=O)c4cccc(OC)c4)CC3)cc2c1.Cl. The van der Waals surface area contributed by atoms with E-state index in [1.54, 1.807) is 20.3 Å². The lowest BCUT2D eigenvalue weighted by molar-refractivity contribution is 0.0617. The summed E-state index contributed by atoms with van der Waals surface area (Å²) < 4.78 is 16.0. The van der Waals surface area contributed by atoms with E-state index in [2.05, 4.69) is 53.5 Å². The highest BCUT2D eigenvalue weighted by atomic mass is 35.5. The first-order valence-corrected chi connectivity index (χ1v) is 12.4. The number of amides is 1. The van der Waals surface area contributed by atoms with Crippen molar-refractivity contribution in [3.63, 3.8) is 0 Å². The number of nitrogens with one attached hydrogen (secondary N) is 1. The van der Waals surface area contributed by atoms with Gasteiger partial charge in [0.2, 0.25) is 0 Å². The number of hydrogen-bond donors (Lipinski definition) is 1. The van der Waals surface area contributed by atoms with Crippen molar-refractivity contribution < 1.29 is 19.0 Å². The summed E-state index contributed by atoms with van der Waals surface area (Å²) in [5.41, 5.74) is 3.12. The lowest BCUT2D eigenvalue weighted by atomic mass is 9.97. The van der Waals surface area contributed by atoms with Gasteiger partial charge in [-0.1, -0.05) is 30.3 Å². The minimum atomic E-state index is -0.0352. The first kappa shape index (κ1) is 27.9. The van der Waals surface area contributed by atoms with E-state index in [1.807, 2.05) is 18.2 Å². The van der Waals surface area contributed by atoms with Crippen LogP contribution in [0.3, 0.4) is 0 Å². The van der Waals surface area contributed by atoms with Crippen LogP contribution in [0.1, 0.15) is 47.3 Å². The minimum absolute atomic E-state index is 0. The molecule has 1 fully saturated rings. The third kappa shape index (κ3) is 7.20. The summed E-state index contributed by atoms with van der Waals surface area (Å²) in [7, 11) is 3.30. The zero-order valence-electron chi connectivity index (χ0n) is 21.4. The topological polar surface area (TPSA) is 60.0 Å². The zero-order valence-corrected chi connectivity index (χ0v) is 22.2. The van der Waals surface area contributed by atoms with Crippen molar-refractivity contribution in [2.24, 2.45) is 0 Å². The predicted molar refractivity (Wildman–Crippen MR) is 146 cm³/mol. The molecule has 1 aliphatic rings. The molecule has 1 heterocycles. The molecule has 6 nitrogen and oxygen atoms in total. The fourth-order valence-electron chi connectivity index (χ4n) is 4.67. The fourth-order valence-corrected chi connectivity index (χ4v) is 4.67. The monoisotopic (exact) mass is 512 g/mol. The predicted octanol–water partition coefficient (Wildman–Crippen LogP) is 5.39. The molecule has 0 spiro atoms. The second kappa shape index (κ2) is 13.6. The van der Waals surface area contributed by atoms with E-state index in [9.17, 15) is 4.79 Å². The number of likely N-dealkylation sites (tertiary alicyclic amines) is 1. The molecule has 1 atom stereocenters. The van der Waals surface area contributed by atoms with Crippen molar-refractivity contribution in [1.82, 2.24) is 10.2 Å². The van der Waals surface area contributed by atoms with Crippen LogP contribution in [0.2, 0.25) is 0 Å². The molecule has 0 bridgehead atoms. The summed E-state index contributed by atoms with van der Waals surface area (Å²) >= 11 is 0. The Morgan fingerprint density at radius 2 is 1.78 bits per heavy atom. The number of halogens is 1. The first-order valence-electron chi connectivity index (χ1n) is 12.4. The van der Waals surface area contributed by atoms with Crippen LogP contribution in [0.15, 0.2) is 60.7 Å². The molecule has 36 heavy (non-hydrogen) atoms. The van der Waals surface area contributed by atoms with E-state index >= 15 is 0 Å². The highest BCUT2D eigenvalue weighted by Crippen LogP contribution is 2.28. The van der Waals surface area contributed by atoms with Crippen LogP contribution >= 0.6 is 12.4 Å². The van der Waals surface area contributed by atoms with Gasteiger partial charge < -0.3 is 19.5 Å². The fraction of sp³-hybridized carbons (Fsp3) is 0.414. The van der Waals surface area contributed by atoms with Crippen molar-refractivity contribution in [2.75, 3.05) is 40.5 Å². The number of hydrogen-bond acceptors (Lipinski definition) is 5. The molecule has 0 radical (unpaired) electrons. The van der Waals surface area contributed by atoms with E-state index in [0.29, 0.717) is 37.2 Å². The van der Waals surface area contributed by atoms with Crippen molar-refractivity contribution in [3.05, 3.63) is 77.4 Å². The number of ether oxygens (including phenoxy) is 3. The number of nitrogens with zero attached hydrogens (tertiary/aromatic N) is 1. The molecule has 0 saturated carbocycles. The van der Waals surface area contributed by atoms with Gasteiger partial charge in [0.1, 0.15) is 5.75 Å². The molecule has 1 saturated heterocycles. The summed E-state index contributed by atoms with van der Waals surface area (Å²) in [6.07, 6.45) is 1.88. The molecule has 3 aromatic carbocycles. The molecule has 0 aromatic heterocycles. The number of fused-ring (bicyclic) bond motifs is 1. The quantitative estimate of drug-likeness (QED) is 0.369. The normalized spacial score (nSPS) is 15.3. The number of carbonyl (C=O) groups is 1. The Labute approximate surface area is 220 Å². The van der Waals surface area contributed by atoms with Gasteiger partial charge in [-0.3, -0.25) is 9.69 Å². The molecule has 4 rings (SSSR count). The smallest absolute Gasteiger partial charge is 0.251 e. The van der Waals surface area contributed by atoms with Crippen LogP contribution < -0.4 is 10.1 Å². The maximum atomic E-state index is 12.7. The van der Waals surface area contributed by atoms with E-state index < -0.39 is 0 Å². The van der Waals surface area contributed by atoms with Gasteiger partial charge in [0, 0.05) is 37.8 Å². The molecule has 3 aromatic rings. The van der Waals surface area contributed by atoms with E-state index in [4.69, 9.17) is 14.2 Å². The van der Waals surface area contributed by atoms with Gasteiger partial charge in [-0.05, 0) is 72.0 Å². The Balaban J connectivity index is 0.00000361. The number of rotatable bonds is 10. The molecular weight excluding hydrogens is 476 g/mol. The van der Waals surface area contributed by atoms with Crippen LogP contribution in [0.25, 0.3) is 10.8 Å². The molecule has 1 amide bonds. The van der Waals surface area contributed by atoms with E-state index in [1.165, 1.54) is 21.9 Å². The maximum absolute atomic E-state index is 12.7. The van der Waals surface area contributed by atoms with Gasteiger partial charge in [0.15, 0.2) is 0 Å². The Hall–Kier alpha value is -2.64. The average molecular weight is 513 g/mol. The molecule has 7 heteroatoms. The van der Waals surface area contributed by atoms with Gasteiger partial charge in [0.25, 0.3) is 5.91 Å². The van der Waals surface area contributed by atoms with Crippen LogP contribution in [-0.4, -0.2) is 57.4 Å². The Kier molecular flexibility index (Phi) is 10.6. The molecule has 1 N–H and O–H groups in total. The second-order valence-electron chi connectivity index (χ2n) is 9.18. The molecule has 1 unspecified atom stereocenters. The van der Waals surface area contributed by atoms with Gasteiger partial charge in [-0.2, -0.15) is 0 Å². The molecule has 1 aliphatic heterocycles. The van der Waals surface area contributed by atoms with Gasteiger partial charge in [-0.25, -0.2) is 0 Å². The number of carbonyl (C=O) groups excluding carboxylic acids is 1. The summed E-state index contributed by atoms with van der Waals surface area (Å²) in [5.74, 6) is 0.661. The van der Waals surface area contributed by atoms with Crippen molar-refractivity contribution in [2.45, 2.75) is 38.5 Å². The average Bonchev–Trinajstić information content (AvgIpc) is 2.90. The van der Waals surface area contributed by atoms with Crippen LogP contribution in [0.4, 0.5) is 0 Å². The highest BCUT2D eigenvalue weighted by molar-refractivity contribution is 5.94. The number of methoxy groups -OCH3 is 2. The second-order valence-corrected chi connectivity index (χ2v) is 9.18. The van der Waals surface area contributed by atoms with Crippen LogP contribution in [-0.2, 0) is 16.1 Å². The third-order valence-electron chi connectivity index (χ3n) is 6.86. The van der Waals surface area contributed by atoms with Gasteiger partial charge in [0.05, 0.1) is 26.9 Å². The number of benzene rings is 3. The van der Waals surface area contributed by atoms with Crippen LogP contribution in [0.5, 0.6) is 5.75 Å². The maximum Gasteiger partial charge on any atom is 0.251 e. The number of piperidine rings is 1.